The SMILES string of the molecule is CC(C)(C)OC(=O)c1cccc2cccc(Br)c12. The smallest absolute Gasteiger partial charge is 0.339 e. The third kappa shape index (κ3) is 2.72. The van der Waals surface area contributed by atoms with Crippen molar-refractivity contribution in [1.82, 2.24) is 0 Å². The first-order valence-electron chi connectivity index (χ1n) is 5.79. The van der Waals surface area contributed by atoms with Crippen molar-refractivity contribution in [3.05, 3.63) is 46.4 Å². The molecule has 0 spiro atoms. The largest absolute Gasteiger partial charge is 0.456 e. The van der Waals surface area contributed by atoms with Crippen LogP contribution in [0.5, 0.6) is 0 Å². The van der Waals surface area contributed by atoms with Crippen LogP contribution in [0.25, 0.3) is 10.8 Å². The third-order valence-corrected chi connectivity index (χ3v) is 3.13. The molecule has 0 aliphatic carbocycles. The van der Waals surface area contributed by atoms with Crippen LogP contribution < -0.4 is 0 Å². The molecular weight excluding hydrogens is 292 g/mol. The molecular formula is C15H15BrO2. The molecule has 2 aromatic rings. The predicted molar refractivity (Wildman–Crippen MR) is 76.8 cm³/mol. The van der Waals surface area contributed by atoms with Crippen LogP contribution in [0.3, 0.4) is 0 Å². The van der Waals surface area contributed by atoms with Gasteiger partial charge in [-0.2, -0.15) is 0 Å². The summed E-state index contributed by atoms with van der Waals surface area (Å²) in [6.45, 7) is 5.60. The van der Waals surface area contributed by atoms with Gasteiger partial charge in [-0.3, -0.25) is 0 Å². The highest BCUT2D eigenvalue weighted by molar-refractivity contribution is 9.10. The van der Waals surface area contributed by atoms with E-state index in [1.807, 2.05) is 51.1 Å². The second-order valence-electron chi connectivity index (χ2n) is 5.15. The third-order valence-electron chi connectivity index (χ3n) is 2.47. The van der Waals surface area contributed by atoms with Crippen molar-refractivity contribution in [2.24, 2.45) is 0 Å². The van der Waals surface area contributed by atoms with E-state index in [9.17, 15) is 4.79 Å². The molecule has 0 fully saturated rings. The number of halogens is 1. The van der Waals surface area contributed by atoms with Gasteiger partial charge in [-0.05, 0) is 38.3 Å². The van der Waals surface area contributed by atoms with Gasteiger partial charge >= 0.3 is 5.97 Å². The van der Waals surface area contributed by atoms with Gasteiger partial charge in [-0.25, -0.2) is 4.79 Å². The summed E-state index contributed by atoms with van der Waals surface area (Å²) in [5, 5.41) is 1.92. The summed E-state index contributed by atoms with van der Waals surface area (Å²) in [7, 11) is 0. The van der Waals surface area contributed by atoms with Crippen LogP contribution >= 0.6 is 15.9 Å². The van der Waals surface area contributed by atoms with Crippen molar-refractivity contribution in [1.29, 1.82) is 0 Å². The molecule has 3 heteroatoms. The van der Waals surface area contributed by atoms with E-state index in [0.29, 0.717) is 5.56 Å². The fourth-order valence-electron chi connectivity index (χ4n) is 1.80. The summed E-state index contributed by atoms with van der Waals surface area (Å²) in [6.07, 6.45) is 0. The van der Waals surface area contributed by atoms with E-state index in [2.05, 4.69) is 15.9 Å². The van der Waals surface area contributed by atoms with Gasteiger partial charge in [0, 0.05) is 9.86 Å². The molecule has 0 radical (unpaired) electrons. The first kappa shape index (κ1) is 13.1. The summed E-state index contributed by atoms with van der Waals surface area (Å²) in [5.41, 5.74) is 0.107. The number of benzene rings is 2. The second kappa shape index (κ2) is 4.73. The zero-order chi connectivity index (χ0) is 13.3. The van der Waals surface area contributed by atoms with Crippen molar-refractivity contribution >= 4 is 32.7 Å². The molecule has 0 unspecified atom stereocenters. The lowest BCUT2D eigenvalue weighted by atomic mass is 10.0. The van der Waals surface area contributed by atoms with Crippen LogP contribution in [0.1, 0.15) is 31.1 Å². The van der Waals surface area contributed by atoms with Gasteiger partial charge < -0.3 is 4.74 Å². The van der Waals surface area contributed by atoms with Crippen LogP contribution in [0.15, 0.2) is 40.9 Å². The average molecular weight is 307 g/mol. The molecule has 0 saturated heterocycles. The Labute approximate surface area is 115 Å². The first-order valence-corrected chi connectivity index (χ1v) is 6.58. The molecule has 18 heavy (non-hydrogen) atoms. The van der Waals surface area contributed by atoms with E-state index in [1.54, 1.807) is 6.07 Å². The zero-order valence-electron chi connectivity index (χ0n) is 10.7. The lowest BCUT2D eigenvalue weighted by molar-refractivity contribution is 0.00718. The molecule has 0 aromatic heterocycles. The van der Waals surface area contributed by atoms with Gasteiger partial charge in [-0.1, -0.05) is 40.2 Å². The highest BCUT2D eigenvalue weighted by Gasteiger charge is 2.20. The lowest BCUT2D eigenvalue weighted by Gasteiger charge is -2.20. The summed E-state index contributed by atoms with van der Waals surface area (Å²) >= 11 is 3.49. The first-order chi connectivity index (χ1) is 8.38. The Hall–Kier alpha value is -1.35. The van der Waals surface area contributed by atoms with E-state index in [4.69, 9.17) is 4.74 Å². The summed E-state index contributed by atoms with van der Waals surface area (Å²) in [6, 6.07) is 11.5. The average Bonchev–Trinajstić information content (AvgIpc) is 2.26. The molecule has 2 nitrogen and oxygen atoms in total. The molecule has 2 aromatic carbocycles. The Bertz CT molecular complexity index is 592. The number of ether oxygens (including phenoxy) is 1. The standard InChI is InChI=1S/C15H15BrO2/c1-15(2,3)18-14(17)11-8-4-6-10-7-5-9-12(16)13(10)11/h4-9H,1-3H3. The van der Waals surface area contributed by atoms with Crippen molar-refractivity contribution in [3.63, 3.8) is 0 Å². The van der Waals surface area contributed by atoms with E-state index >= 15 is 0 Å². The van der Waals surface area contributed by atoms with Gasteiger partial charge in [0.2, 0.25) is 0 Å². The van der Waals surface area contributed by atoms with Crippen LogP contribution in [-0.4, -0.2) is 11.6 Å². The minimum absolute atomic E-state index is 0.292. The monoisotopic (exact) mass is 306 g/mol. The van der Waals surface area contributed by atoms with Crippen molar-refractivity contribution < 1.29 is 9.53 Å². The van der Waals surface area contributed by atoms with Crippen LogP contribution in [0.4, 0.5) is 0 Å². The molecule has 0 atom stereocenters. The molecule has 0 heterocycles. The van der Waals surface area contributed by atoms with E-state index in [1.165, 1.54) is 0 Å². The number of carbonyl (C=O) groups is 1. The molecule has 94 valence electrons. The topological polar surface area (TPSA) is 26.3 Å². The van der Waals surface area contributed by atoms with E-state index in [0.717, 1.165) is 15.2 Å². The van der Waals surface area contributed by atoms with Gasteiger partial charge in [0.1, 0.15) is 5.60 Å². The Morgan fingerprint density at radius 2 is 1.72 bits per heavy atom. The zero-order valence-corrected chi connectivity index (χ0v) is 12.2. The summed E-state index contributed by atoms with van der Waals surface area (Å²) < 4.78 is 6.33. The number of esters is 1. The van der Waals surface area contributed by atoms with Crippen LogP contribution in [0, 0.1) is 0 Å². The van der Waals surface area contributed by atoms with Crippen LogP contribution in [0.2, 0.25) is 0 Å². The van der Waals surface area contributed by atoms with Gasteiger partial charge in [0.05, 0.1) is 5.56 Å². The minimum Gasteiger partial charge on any atom is -0.456 e. The molecule has 0 aliphatic rings. The molecule has 0 aliphatic heterocycles. The second-order valence-corrected chi connectivity index (χ2v) is 6.00. The lowest BCUT2D eigenvalue weighted by Crippen LogP contribution is -2.24. The Morgan fingerprint density at radius 1 is 1.11 bits per heavy atom. The van der Waals surface area contributed by atoms with Gasteiger partial charge in [-0.15, -0.1) is 0 Å². The molecule has 0 saturated carbocycles. The maximum atomic E-state index is 12.2. The summed E-state index contributed by atoms with van der Waals surface area (Å²) in [4.78, 5) is 12.2. The minimum atomic E-state index is -0.486. The van der Waals surface area contributed by atoms with E-state index < -0.39 is 5.60 Å². The predicted octanol–water partition coefficient (Wildman–Crippen LogP) is 4.56. The molecule has 2 rings (SSSR count). The van der Waals surface area contributed by atoms with Crippen molar-refractivity contribution in [2.45, 2.75) is 26.4 Å². The number of hydrogen-bond donors (Lipinski definition) is 0. The van der Waals surface area contributed by atoms with Crippen LogP contribution in [-0.2, 0) is 4.74 Å². The maximum absolute atomic E-state index is 12.2. The highest BCUT2D eigenvalue weighted by atomic mass is 79.9. The Kier molecular flexibility index (Phi) is 3.44. The van der Waals surface area contributed by atoms with Crippen molar-refractivity contribution in [2.75, 3.05) is 0 Å². The van der Waals surface area contributed by atoms with Gasteiger partial charge in [0.15, 0.2) is 0 Å². The van der Waals surface area contributed by atoms with E-state index in [-0.39, 0.29) is 5.97 Å². The Balaban J connectivity index is 2.55. The normalized spacial score (nSPS) is 11.6. The summed E-state index contributed by atoms with van der Waals surface area (Å²) in [5.74, 6) is -0.292. The molecule has 0 amide bonds. The number of rotatable bonds is 1. The Morgan fingerprint density at radius 3 is 2.33 bits per heavy atom. The quantitative estimate of drug-likeness (QED) is 0.722. The molecule has 0 bridgehead atoms. The fraction of sp³-hybridized carbons (Fsp3) is 0.267. The number of carbonyl (C=O) groups excluding carboxylic acids is 1. The van der Waals surface area contributed by atoms with Crippen molar-refractivity contribution in [3.8, 4) is 0 Å². The fourth-order valence-corrected chi connectivity index (χ4v) is 2.39. The highest BCUT2D eigenvalue weighted by Crippen LogP contribution is 2.28. The number of fused-ring (bicyclic) bond motifs is 1. The maximum Gasteiger partial charge on any atom is 0.339 e. The molecule has 0 N–H and O–H groups in total. The number of hydrogen-bond acceptors (Lipinski definition) is 2. The van der Waals surface area contributed by atoms with Gasteiger partial charge in [0.25, 0.3) is 0 Å².